The lowest BCUT2D eigenvalue weighted by Gasteiger charge is -2.29. The highest BCUT2D eigenvalue weighted by Gasteiger charge is 2.21. The molecule has 1 heterocycles. The molecule has 0 aromatic heterocycles. The van der Waals surface area contributed by atoms with Crippen molar-refractivity contribution in [1.29, 1.82) is 0 Å². The summed E-state index contributed by atoms with van der Waals surface area (Å²) in [5.74, 6) is 0. The molecule has 0 bridgehead atoms. The number of hydrogen-bond donors (Lipinski definition) is 1. The number of halogens is 1. The highest BCUT2D eigenvalue weighted by atomic mass is 79.9. The molecule has 4 nitrogen and oxygen atoms in total. The highest BCUT2D eigenvalue weighted by Crippen LogP contribution is 2.26. The van der Waals surface area contributed by atoms with Crippen molar-refractivity contribution < 1.29 is 9.53 Å². The fourth-order valence-electron chi connectivity index (χ4n) is 1.66. The Morgan fingerprint density at radius 1 is 1.56 bits per heavy atom. The molecule has 0 atom stereocenters. The van der Waals surface area contributed by atoms with E-state index in [1.165, 1.54) is 0 Å². The van der Waals surface area contributed by atoms with Crippen molar-refractivity contribution >= 4 is 27.6 Å². The van der Waals surface area contributed by atoms with Crippen molar-refractivity contribution in [3.05, 3.63) is 28.2 Å². The number of hydrogen-bond acceptors (Lipinski definition) is 2. The van der Waals surface area contributed by atoms with E-state index in [1.54, 1.807) is 12.0 Å². The number of rotatable bonds is 3. The molecular weight excluding hydrogens is 272 g/mol. The van der Waals surface area contributed by atoms with Gasteiger partial charge in [-0.05, 0) is 17.7 Å². The van der Waals surface area contributed by atoms with Crippen molar-refractivity contribution in [2.45, 2.75) is 6.54 Å². The number of fused-ring (bicyclic) bond motifs is 1. The summed E-state index contributed by atoms with van der Waals surface area (Å²) in [7, 11) is 1.63. The second kappa shape index (κ2) is 4.84. The van der Waals surface area contributed by atoms with Crippen LogP contribution in [0.1, 0.15) is 5.56 Å². The molecule has 2 amide bonds. The van der Waals surface area contributed by atoms with Gasteiger partial charge in [0.05, 0.1) is 6.61 Å². The minimum absolute atomic E-state index is 0.0670. The van der Waals surface area contributed by atoms with Crippen LogP contribution in [0.15, 0.2) is 22.7 Å². The molecule has 0 unspecified atom stereocenters. The first-order valence-corrected chi connectivity index (χ1v) is 5.83. The standard InChI is InChI=1S/C11H13BrN2O2/c1-16-5-4-14-7-8-2-3-9(12)6-10(8)13-11(14)15/h2-3,6H,4-5,7H2,1H3,(H,13,15). The van der Waals surface area contributed by atoms with Gasteiger partial charge in [0, 0.05) is 30.4 Å². The zero-order chi connectivity index (χ0) is 11.5. The molecule has 16 heavy (non-hydrogen) atoms. The monoisotopic (exact) mass is 284 g/mol. The van der Waals surface area contributed by atoms with Gasteiger partial charge >= 0.3 is 6.03 Å². The minimum atomic E-state index is -0.0670. The summed E-state index contributed by atoms with van der Waals surface area (Å²) in [4.78, 5) is 13.5. The van der Waals surface area contributed by atoms with Crippen molar-refractivity contribution in [1.82, 2.24) is 4.90 Å². The summed E-state index contributed by atoms with van der Waals surface area (Å²) in [6.07, 6.45) is 0. The molecule has 1 aromatic rings. The van der Waals surface area contributed by atoms with E-state index in [1.807, 2.05) is 18.2 Å². The second-order valence-corrected chi connectivity index (χ2v) is 4.56. The number of anilines is 1. The third-order valence-electron chi connectivity index (χ3n) is 2.53. The molecule has 0 saturated heterocycles. The van der Waals surface area contributed by atoms with Gasteiger partial charge in [0.2, 0.25) is 0 Å². The molecule has 1 aromatic carbocycles. The van der Waals surface area contributed by atoms with Crippen LogP contribution in [0.25, 0.3) is 0 Å². The molecule has 1 aliphatic rings. The number of nitrogens with zero attached hydrogens (tertiary/aromatic N) is 1. The van der Waals surface area contributed by atoms with E-state index in [2.05, 4.69) is 21.2 Å². The number of ether oxygens (including phenoxy) is 1. The number of nitrogens with one attached hydrogen (secondary N) is 1. The molecule has 1 aliphatic heterocycles. The van der Waals surface area contributed by atoms with Gasteiger partial charge in [-0.3, -0.25) is 0 Å². The summed E-state index contributed by atoms with van der Waals surface area (Å²) < 4.78 is 5.94. The Hall–Kier alpha value is -1.07. The van der Waals surface area contributed by atoms with Crippen LogP contribution in [0.3, 0.4) is 0 Å². The topological polar surface area (TPSA) is 41.6 Å². The summed E-state index contributed by atoms with van der Waals surface area (Å²) in [5.41, 5.74) is 2.01. The van der Waals surface area contributed by atoms with E-state index in [4.69, 9.17) is 4.74 Å². The van der Waals surface area contributed by atoms with Crippen LogP contribution in [0, 0.1) is 0 Å². The van der Waals surface area contributed by atoms with Crippen LogP contribution in [-0.4, -0.2) is 31.2 Å². The quantitative estimate of drug-likeness (QED) is 0.926. The van der Waals surface area contributed by atoms with Crippen LogP contribution in [0.2, 0.25) is 0 Å². The second-order valence-electron chi connectivity index (χ2n) is 3.65. The number of benzene rings is 1. The molecule has 5 heteroatoms. The van der Waals surface area contributed by atoms with Gasteiger partial charge in [0.1, 0.15) is 0 Å². The molecule has 2 rings (SSSR count). The first kappa shape index (κ1) is 11.4. The van der Waals surface area contributed by atoms with E-state index in [0.29, 0.717) is 19.7 Å². The maximum Gasteiger partial charge on any atom is 0.322 e. The summed E-state index contributed by atoms with van der Waals surface area (Å²) in [6, 6.07) is 5.84. The SMILES string of the molecule is COCCN1Cc2ccc(Br)cc2NC1=O. The predicted octanol–water partition coefficient (Wildman–Crippen LogP) is 2.44. The molecule has 0 aliphatic carbocycles. The number of urea groups is 1. The average Bonchev–Trinajstić information content (AvgIpc) is 2.26. The largest absolute Gasteiger partial charge is 0.383 e. The smallest absolute Gasteiger partial charge is 0.322 e. The van der Waals surface area contributed by atoms with Gasteiger partial charge < -0.3 is 15.0 Å². The van der Waals surface area contributed by atoms with Crippen molar-refractivity contribution in [3.8, 4) is 0 Å². The Kier molecular flexibility index (Phi) is 3.46. The van der Waals surface area contributed by atoms with E-state index >= 15 is 0 Å². The lowest BCUT2D eigenvalue weighted by molar-refractivity contribution is 0.151. The first-order chi connectivity index (χ1) is 7.70. The van der Waals surface area contributed by atoms with Crippen molar-refractivity contribution in [2.75, 3.05) is 25.6 Å². The minimum Gasteiger partial charge on any atom is -0.383 e. The molecule has 0 radical (unpaired) electrons. The molecule has 86 valence electrons. The van der Waals surface area contributed by atoms with Crippen LogP contribution in [0.5, 0.6) is 0 Å². The van der Waals surface area contributed by atoms with Crippen LogP contribution >= 0.6 is 15.9 Å². The van der Waals surface area contributed by atoms with E-state index in [-0.39, 0.29) is 6.03 Å². The number of carbonyl (C=O) groups is 1. The molecular formula is C11H13BrN2O2. The fourth-order valence-corrected chi connectivity index (χ4v) is 2.02. The Labute approximate surface area is 103 Å². The zero-order valence-corrected chi connectivity index (χ0v) is 10.6. The summed E-state index contributed by atoms with van der Waals surface area (Å²) in [5, 5.41) is 2.86. The van der Waals surface area contributed by atoms with E-state index in [0.717, 1.165) is 15.7 Å². The van der Waals surface area contributed by atoms with Gasteiger partial charge in [-0.2, -0.15) is 0 Å². The van der Waals surface area contributed by atoms with Gasteiger partial charge in [-0.25, -0.2) is 4.79 Å². The normalized spacial score (nSPS) is 14.6. The van der Waals surface area contributed by atoms with E-state index < -0.39 is 0 Å². The fraction of sp³-hybridized carbons (Fsp3) is 0.364. The average molecular weight is 285 g/mol. The van der Waals surface area contributed by atoms with Crippen LogP contribution < -0.4 is 5.32 Å². The number of amides is 2. The maximum atomic E-state index is 11.7. The van der Waals surface area contributed by atoms with Gasteiger partial charge in [0.15, 0.2) is 0 Å². The Morgan fingerprint density at radius 2 is 2.38 bits per heavy atom. The Bertz CT molecular complexity index is 409. The van der Waals surface area contributed by atoms with Crippen LogP contribution in [0.4, 0.5) is 10.5 Å². The Morgan fingerprint density at radius 3 is 3.12 bits per heavy atom. The third-order valence-corrected chi connectivity index (χ3v) is 3.02. The maximum absolute atomic E-state index is 11.7. The van der Waals surface area contributed by atoms with Gasteiger partial charge in [-0.15, -0.1) is 0 Å². The molecule has 0 spiro atoms. The zero-order valence-electron chi connectivity index (χ0n) is 9.00. The lowest BCUT2D eigenvalue weighted by atomic mass is 10.1. The van der Waals surface area contributed by atoms with E-state index in [9.17, 15) is 4.79 Å². The Balaban J connectivity index is 2.15. The van der Waals surface area contributed by atoms with Gasteiger partial charge in [-0.1, -0.05) is 22.0 Å². The summed E-state index contributed by atoms with van der Waals surface area (Å²) in [6.45, 7) is 1.80. The lowest BCUT2D eigenvalue weighted by Crippen LogP contribution is -2.40. The first-order valence-electron chi connectivity index (χ1n) is 5.04. The number of methoxy groups -OCH3 is 1. The van der Waals surface area contributed by atoms with Gasteiger partial charge in [0.25, 0.3) is 0 Å². The molecule has 0 saturated carbocycles. The molecule has 1 N–H and O–H groups in total. The molecule has 0 fully saturated rings. The van der Waals surface area contributed by atoms with Crippen LogP contribution in [-0.2, 0) is 11.3 Å². The van der Waals surface area contributed by atoms with Crippen molar-refractivity contribution in [3.63, 3.8) is 0 Å². The highest BCUT2D eigenvalue weighted by molar-refractivity contribution is 9.10. The summed E-state index contributed by atoms with van der Waals surface area (Å²) >= 11 is 3.38. The number of carbonyl (C=O) groups excluding carboxylic acids is 1. The van der Waals surface area contributed by atoms with Crippen molar-refractivity contribution in [2.24, 2.45) is 0 Å². The predicted molar refractivity (Wildman–Crippen MR) is 65.4 cm³/mol. The third kappa shape index (κ3) is 2.36.